The van der Waals surface area contributed by atoms with Gasteiger partial charge in [-0.3, -0.25) is 4.99 Å². The second kappa shape index (κ2) is 13.2. The van der Waals surface area contributed by atoms with Gasteiger partial charge in [-0.05, 0) is 35.9 Å². The van der Waals surface area contributed by atoms with Gasteiger partial charge in [0.15, 0.2) is 5.96 Å². The Balaban J connectivity index is 0.00000450. The molecule has 0 saturated carbocycles. The summed E-state index contributed by atoms with van der Waals surface area (Å²) in [6, 6.07) is 9.32. The number of nitrogens with zero attached hydrogens (tertiary/aromatic N) is 1. The molecule has 30 heavy (non-hydrogen) atoms. The minimum atomic E-state index is -2.93. The van der Waals surface area contributed by atoms with Crippen LogP contribution in [0.5, 0.6) is 11.5 Å². The number of benzene rings is 2. The molecular formula is C20H25F3IN3O3. The molecular weight excluding hydrogens is 514 g/mol. The molecule has 2 rings (SSSR count). The van der Waals surface area contributed by atoms with Gasteiger partial charge in [-0.15, -0.1) is 24.0 Å². The van der Waals surface area contributed by atoms with Gasteiger partial charge in [0.1, 0.15) is 17.3 Å². The predicted molar refractivity (Wildman–Crippen MR) is 119 cm³/mol. The average Bonchev–Trinajstić information content (AvgIpc) is 2.71. The molecule has 0 spiro atoms. The fourth-order valence-corrected chi connectivity index (χ4v) is 2.62. The summed E-state index contributed by atoms with van der Waals surface area (Å²) in [5, 5.41) is 6.12. The van der Waals surface area contributed by atoms with E-state index in [1.807, 2.05) is 0 Å². The molecule has 2 N–H and O–H groups in total. The molecule has 0 aromatic heterocycles. The zero-order valence-corrected chi connectivity index (χ0v) is 19.2. The van der Waals surface area contributed by atoms with Crippen molar-refractivity contribution < 1.29 is 27.4 Å². The minimum absolute atomic E-state index is 0. The van der Waals surface area contributed by atoms with Crippen molar-refractivity contribution in [2.45, 2.75) is 26.3 Å². The Labute approximate surface area is 190 Å². The smallest absolute Gasteiger partial charge is 0.387 e. The number of methoxy groups -OCH3 is 2. The van der Waals surface area contributed by atoms with E-state index in [0.29, 0.717) is 29.4 Å². The Morgan fingerprint density at radius 1 is 1.03 bits per heavy atom. The van der Waals surface area contributed by atoms with Crippen molar-refractivity contribution in [1.29, 1.82) is 0 Å². The van der Waals surface area contributed by atoms with Crippen LogP contribution in [0, 0.1) is 5.82 Å². The highest BCUT2D eigenvalue weighted by molar-refractivity contribution is 14.0. The highest BCUT2D eigenvalue weighted by Gasteiger charge is 2.12. The number of hydrogen-bond acceptors (Lipinski definition) is 4. The lowest BCUT2D eigenvalue weighted by molar-refractivity contribution is -0.0505. The van der Waals surface area contributed by atoms with Gasteiger partial charge in [-0.1, -0.05) is 6.07 Å². The molecule has 0 fully saturated rings. The van der Waals surface area contributed by atoms with E-state index in [2.05, 4.69) is 20.4 Å². The summed E-state index contributed by atoms with van der Waals surface area (Å²) < 4.78 is 53.6. The first-order valence-electron chi connectivity index (χ1n) is 8.79. The predicted octanol–water partition coefficient (Wildman–Crippen LogP) is 4.07. The highest BCUT2D eigenvalue weighted by atomic mass is 127. The Bertz CT molecular complexity index is 838. The van der Waals surface area contributed by atoms with E-state index >= 15 is 0 Å². The van der Waals surface area contributed by atoms with Crippen molar-refractivity contribution in [3.8, 4) is 11.5 Å². The third kappa shape index (κ3) is 7.90. The van der Waals surface area contributed by atoms with Crippen molar-refractivity contribution >= 4 is 29.9 Å². The van der Waals surface area contributed by atoms with E-state index in [-0.39, 0.29) is 48.7 Å². The number of rotatable bonds is 9. The summed E-state index contributed by atoms with van der Waals surface area (Å²) in [5.74, 6) is 0.672. The van der Waals surface area contributed by atoms with Crippen LogP contribution in [-0.2, 0) is 24.4 Å². The number of aliphatic imine (C=N–C) groups is 1. The van der Waals surface area contributed by atoms with E-state index in [9.17, 15) is 13.2 Å². The summed E-state index contributed by atoms with van der Waals surface area (Å²) in [4.78, 5) is 4.10. The van der Waals surface area contributed by atoms with Crippen LogP contribution in [0.2, 0.25) is 0 Å². The second-order valence-corrected chi connectivity index (χ2v) is 5.99. The van der Waals surface area contributed by atoms with E-state index in [0.717, 1.165) is 5.56 Å². The zero-order chi connectivity index (χ0) is 21.2. The SMILES string of the molecule is CN=C(NCc1ccc(F)c(COC)c1)NCc1cc(OC)ccc1OC(F)F.I. The fraction of sp³-hybridized carbons (Fsp3) is 0.350. The first kappa shape index (κ1) is 25.8. The number of guanidine groups is 1. The molecule has 0 heterocycles. The summed E-state index contributed by atoms with van der Waals surface area (Å²) in [6.45, 7) is -2.19. The molecule has 0 saturated heterocycles. The molecule has 10 heteroatoms. The quantitative estimate of drug-likeness (QED) is 0.286. The van der Waals surface area contributed by atoms with Gasteiger partial charge in [-0.2, -0.15) is 8.78 Å². The van der Waals surface area contributed by atoms with Crippen LogP contribution in [0.25, 0.3) is 0 Å². The van der Waals surface area contributed by atoms with Gasteiger partial charge in [0.2, 0.25) is 0 Å². The van der Waals surface area contributed by atoms with Crippen molar-refractivity contribution in [2.75, 3.05) is 21.3 Å². The molecule has 0 atom stereocenters. The van der Waals surface area contributed by atoms with Crippen LogP contribution >= 0.6 is 24.0 Å². The third-order valence-corrected chi connectivity index (χ3v) is 4.02. The topological polar surface area (TPSA) is 64.1 Å². The summed E-state index contributed by atoms with van der Waals surface area (Å²) >= 11 is 0. The average molecular weight is 539 g/mol. The Hall–Kier alpha value is -2.21. The van der Waals surface area contributed by atoms with Crippen molar-refractivity contribution in [1.82, 2.24) is 10.6 Å². The summed E-state index contributed by atoms with van der Waals surface area (Å²) in [7, 11) is 4.57. The standard InChI is InChI=1S/C20H24F3N3O3.HI/c1-24-20(25-10-13-4-6-17(21)15(8-13)12-27-2)26-11-14-9-16(28-3)5-7-18(14)29-19(22)23;/h4-9,19H,10-12H2,1-3H3,(H2,24,25,26);1H. The largest absolute Gasteiger partial charge is 0.497 e. The maximum atomic E-state index is 13.7. The Kier molecular flexibility index (Phi) is 11.3. The summed E-state index contributed by atoms with van der Waals surface area (Å²) in [6.07, 6.45) is 0. The van der Waals surface area contributed by atoms with Gasteiger partial charge >= 0.3 is 6.61 Å². The van der Waals surface area contributed by atoms with E-state index < -0.39 is 6.61 Å². The molecule has 2 aromatic carbocycles. The van der Waals surface area contributed by atoms with E-state index in [1.165, 1.54) is 26.4 Å². The lowest BCUT2D eigenvalue weighted by Gasteiger charge is -2.16. The maximum Gasteiger partial charge on any atom is 0.387 e. The molecule has 166 valence electrons. The number of hydrogen-bond donors (Lipinski definition) is 2. The monoisotopic (exact) mass is 539 g/mol. The van der Waals surface area contributed by atoms with Crippen molar-refractivity contribution in [3.05, 3.63) is 58.9 Å². The molecule has 6 nitrogen and oxygen atoms in total. The lowest BCUT2D eigenvalue weighted by Crippen LogP contribution is -2.36. The van der Waals surface area contributed by atoms with Crippen LogP contribution in [0.15, 0.2) is 41.4 Å². The molecule has 0 aliphatic heterocycles. The third-order valence-electron chi connectivity index (χ3n) is 4.02. The van der Waals surface area contributed by atoms with Crippen molar-refractivity contribution in [2.24, 2.45) is 4.99 Å². The van der Waals surface area contributed by atoms with Crippen LogP contribution in [0.3, 0.4) is 0 Å². The van der Waals surface area contributed by atoms with Gasteiger partial charge in [-0.25, -0.2) is 4.39 Å². The maximum absolute atomic E-state index is 13.7. The minimum Gasteiger partial charge on any atom is -0.497 e. The van der Waals surface area contributed by atoms with Gasteiger partial charge in [0.05, 0.1) is 13.7 Å². The zero-order valence-electron chi connectivity index (χ0n) is 16.9. The molecule has 0 unspecified atom stereocenters. The van der Waals surface area contributed by atoms with Crippen LogP contribution < -0.4 is 20.1 Å². The molecule has 0 bridgehead atoms. The highest BCUT2D eigenvalue weighted by Crippen LogP contribution is 2.25. The summed E-state index contributed by atoms with van der Waals surface area (Å²) in [5.41, 5.74) is 1.78. The molecule has 0 radical (unpaired) electrons. The first-order valence-corrected chi connectivity index (χ1v) is 8.79. The fourth-order valence-electron chi connectivity index (χ4n) is 2.62. The number of ether oxygens (including phenoxy) is 3. The number of halogens is 4. The first-order chi connectivity index (χ1) is 14.0. The van der Waals surface area contributed by atoms with Crippen molar-refractivity contribution in [3.63, 3.8) is 0 Å². The number of nitrogens with one attached hydrogen (secondary N) is 2. The number of alkyl halides is 2. The Morgan fingerprint density at radius 3 is 2.40 bits per heavy atom. The van der Waals surface area contributed by atoms with Crippen LogP contribution in [-0.4, -0.2) is 33.8 Å². The van der Waals surface area contributed by atoms with E-state index in [4.69, 9.17) is 9.47 Å². The molecule has 2 aromatic rings. The van der Waals surface area contributed by atoms with Crippen LogP contribution in [0.1, 0.15) is 16.7 Å². The Morgan fingerprint density at radius 2 is 1.77 bits per heavy atom. The lowest BCUT2D eigenvalue weighted by atomic mass is 10.1. The molecule has 0 aliphatic carbocycles. The van der Waals surface area contributed by atoms with E-state index in [1.54, 1.807) is 31.3 Å². The van der Waals surface area contributed by atoms with Crippen LogP contribution in [0.4, 0.5) is 13.2 Å². The molecule has 0 aliphatic rings. The molecule has 0 amide bonds. The van der Waals surface area contributed by atoms with Gasteiger partial charge in [0, 0.05) is 38.4 Å². The normalized spacial score (nSPS) is 11.1. The van der Waals surface area contributed by atoms with Gasteiger partial charge in [0.25, 0.3) is 0 Å². The van der Waals surface area contributed by atoms with Gasteiger partial charge < -0.3 is 24.8 Å². The second-order valence-electron chi connectivity index (χ2n) is 5.99.